The summed E-state index contributed by atoms with van der Waals surface area (Å²) in [5, 5.41) is 5.60. The molecule has 0 amide bonds. The predicted octanol–water partition coefficient (Wildman–Crippen LogP) is 0.731. The van der Waals surface area contributed by atoms with Gasteiger partial charge in [0.05, 0.1) is 5.69 Å². The quantitative estimate of drug-likeness (QED) is 0.895. The highest BCUT2D eigenvalue weighted by atomic mass is 32.1. The molecule has 0 spiro atoms. The lowest BCUT2D eigenvalue weighted by Crippen LogP contribution is -2.53. The van der Waals surface area contributed by atoms with E-state index in [1.54, 1.807) is 11.3 Å². The molecule has 0 saturated carbocycles. The molecule has 1 atom stereocenters. The van der Waals surface area contributed by atoms with Gasteiger partial charge in [0.15, 0.2) is 4.96 Å². The number of thiazole rings is 1. The van der Waals surface area contributed by atoms with Gasteiger partial charge in [0.25, 0.3) is 0 Å². The standard InChI is InChI=1S/C13H21N5S/c1-16-3-4-17(2)12(10-16)8-14-7-11-9-18-5-6-19-13(18)15-11/h5-6,9,12,14H,3-4,7-8,10H2,1-2H3. The van der Waals surface area contributed by atoms with Crippen LogP contribution in [0.4, 0.5) is 0 Å². The lowest BCUT2D eigenvalue weighted by molar-refractivity contribution is 0.113. The number of piperazine rings is 1. The summed E-state index contributed by atoms with van der Waals surface area (Å²) in [6.45, 7) is 5.34. The highest BCUT2D eigenvalue weighted by molar-refractivity contribution is 7.15. The molecule has 0 bridgehead atoms. The smallest absolute Gasteiger partial charge is 0.193 e. The van der Waals surface area contributed by atoms with Crippen molar-refractivity contribution < 1.29 is 0 Å². The third-order valence-electron chi connectivity index (χ3n) is 3.81. The van der Waals surface area contributed by atoms with Crippen LogP contribution in [0.1, 0.15) is 5.69 Å². The molecule has 0 aliphatic carbocycles. The first kappa shape index (κ1) is 13.1. The third-order valence-corrected chi connectivity index (χ3v) is 4.58. The number of imidazole rings is 1. The van der Waals surface area contributed by atoms with E-state index in [0.29, 0.717) is 6.04 Å². The number of likely N-dealkylation sites (N-methyl/N-ethyl adjacent to an activating group) is 2. The van der Waals surface area contributed by atoms with Gasteiger partial charge < -0.3 is 10.2 Å². The first-order valence-corrected chi connectivity index (χ1v) is 7.61. The van der Waals surface area contributed by atoms with Crippen molar-refractivity contribution in [2.24, 2.45) is 0 Å². The number of fused-ring (bicyclic) bond motifs is 1. The van der Waals surface area contributed by atoms with Gasteiger partial charge in [-0.15, -0.1) is 11.3 Å². The molecule has 1 N–H and O–H groups in total. The first-order chi connectivity index (χ1) is 9.22. The molecule has 6 heteroatoms. The molecule has 2 aromatic heterocycles. The van der Waals surface area contributed by atoms with Gasteiger partial charge in [0.1, 0.15) is 0 Å². The molecular weight excluding hydrogens is 258 g/mol. The van der Waals surface area contributed by atoms with Crippen LogP contribution >= 0.6 is 11.3 Å². The molecule has 1 fully saturated rings. The molecule has 3 heterocycles. The Morgan fingerprint density at radius 1 is 1.42 bits per heavy atom. The van der Waals surface area contributed by atoms with Crippen molar-refractivity contribution in [3.8, 4) is 0 Å². The van der Waals surface area contributed by atoms with Crippen LogP contribution in [0, 0.1) is 0 Å². The molecule has 19 heavy (non-hydrogen) atoms. The Bertz CT molecular complexity index is 505. The molecule has 0 radical (unpaired) electrons. The van der Waals surface area contributed by atoms with E-state index in [-0.39, 0.29) is 0 Å². The Hall–Kier alpha value is -0.950. The molecule has 5 nitrogen and oxygen atoms in total. The SMILES string of the molecule is CN1CCN(C)C(CNCc2cn3ccsc3n2)C1. The van der Waals surface area contributed by atoms with Crippen molar-refractivity contribution in [3.05, 3.63) is 23.5 Å². The Morgan fingerprint density at radius 3 is 3.16 bits per heavy atom. The summed E-state index contributed by atoms with van der Waals surface area (Å²) >= 11 is 1.68. The molecular formula is C13H21N5S. The summed E-state index contributed by atoms with van der Waals surface area (Å²) in [5.74, 6) is 0. The second kappa shape index (κ2) is 5.58. The van der Waals surface area contributed by atoms with Crippen LogP contribution in [-0.2, 0) is 6.54 Å². The van der Waals surface area contributed by atoms with Crippen molar-refractivity contribution in [3.63, 3.8) is 0 Å². The lowest BCUT2D eigenvalue weighted by Gasteiger charge is -2.37. The van der Waals surface area contributed by atoms with Crippen molar-refractivity contribution in [1.82, 2.24) is 24.5 Å². The maximum absolute atomic E-state index is 4.58. The van der Waals surface area contributed by atoms with Gasteiger partial charge in [-0.2, -0.15) is 0 Å². The van der Waals surface area contributed by atoms with Gasteiger partial charge >= 0.3 is 0 Å². The summed E-state index contributed by atoms with van der Waals surface area (Å²) in [4.78, 5) is 10.5. The summed E-state index contributed by atoms with van der Waals surface area (Å²) in [6.07, 6.45) is 4.16. The van der Waals surface area contributed by atoms with Crippen LogP contribution in [0.5, 0.6) is 0 Å². The van der Waals surface area contributed by atoms with Crippen molar-refractivity contribution >= 4 is 16.3 Å². The maximum Gasteiger partial charge on any atom is 0.193 e. The third kappa shape index (κ3) is 2.97. The Kier molecular flexibility index (Phi) is 3.83. The van der Waals surface area contributed by atoms with Gasteiger partial charge in [-0.05, 0) is 14.1 Å². The Morgan fingerprint density at radius 2 is 2.32 bits per heavy atom. The zero-order chi connectivity index (χ0) is 13.2. The average molecular weight is 279 g/mol. The number of hydrogen-bond acceptors (Lipinski definition) is 5. The zero-order valence-electron chi connectivity index (χ0n) is 11.5. The molecule has 104 valence electrons. The lowest BCUT2D eigenvalue weighted by atomic mass is 10.2. The van der Waals surface area contributed by atoms with E-state index in [4.69, 9.17) is 0 Å². The van der Waals surface area contributed by atoms with Crippen LogP contribution in [0.15, 0.2) is 17.8 Å². The van der Waals surface area contributed by atoms with Crippen LogP contribution < -0.4 is 5.32 Å². The normalized spacial score (nSPS) is 22.3. The largest absolute Gasteiger partial charge is 0.309 e. The minimum absolute atomic E-state index is 0.600. The van der Waals surface area contributed by atoms with Crippen LogP contribution in [-0.4, -0.2) is 65.5 Å². The van der Waals surface area contributed by atoms with E-state index >= 15 is 0 Å². The van der Waals surface area contributed by atoms with E-state index in [1.165, 1.54) is 6.54 Å². The van der Waals surface area contributed by atoms with Crippen LogP contribution in [0.2, 0.25) is 0 Å². The van der Waals surface area contributed by atoms with E-state index in [1.807, 2.05) is 0 Å². The first-order valence-electron chi connectivity index (χ1n) is 6.73. The monoisotopic (exact) mass is 279 g/mol. The highest BCUT2D eigenvalue weighted by Crippen LogP contribution is 2.11. The average Bonchev–Trinajstić information content (AvgIpc) is 2.94. The molecule has 1 saturated heterocycles. The highest BCUT2D eigenvalue weighted by Gasteiger charge is 2.21. The Labute approximate surface area is 117 Å². The summed E-state index contributed by atoms with van der Waals surface area (Å²) < 4.78 is 2.09. The second-order valence-corrected chi connectivity index (χ2v) is 6.23. The molecule has 0 aromatic carbocycles. The van der Waals surface area contributed by atoms with Crippen molar-refractivity contribution in [1.29, 1.82) is 0 Å². The summed E-state index contributed by atoms with van der Waals surface area (Å²) in [5.41, 5.74) is 1.12. The number of rotatable bonds is 4. The molecule has 3 rings (SSSR count). The molecule has 1 aliphatic rings. The minimum Gasteiger partial charge on any atom is -0.309 e. The minimum atomic E-state index is 0.600. The van der Waals surface area contributed by atoms with E-state index in [0.717, 1.165) is 36.8 Å². The number of hydrogen-bond donors (Lipinski definition) is 1. The van der Waals surface area contributed by atoms with Gasteiger partial charge in [-0.3, -0.25) is 9.30 Å². The predicted molar refractivity (Wildman–Crippen MR) is 78.7 cm³/mol. The summed E-state index contributed by atoms with van der Waals surface area (Å²) in [7, 11) is 4.41. The van der Waals surface area contributed by atoms with Gasteiger partial charge in [-0.1, -0.05) is 0 Å². The molecule has 1 unspecified atom stereocenters. The summed E-state index contributed by atoms with van der Waals surface area (Å²) in [6, 6.07) is 0.600. The van der Waals surface area contributed by atoms with Crippen molar-refractivity contribution in [2.75, 3.05) is 40.3 Å². The number of aromatic nitrogens is 2. The fourth-order valence-electron chi connectivity index (χ4n) is 2.55. The fourth-order valence-corrected chi connectivity index (χ4v) is 3.27. The maximum atomic E-state index is 4.58. The second-order valence-electron chi connectivity index (χ2n) is 5.35. The van der Waals surface area contributed by atoms with Gasteiger partial charge in [-0.25, -0.2) is 4.98 Å². The van der Waals surface area contributed by atoms with E-state index in [9.17, 15) is 0 Å². The fraction of sp³-hybridized carbons (Fsp3) is 0.615. The van der Waals surface area contributed by atoms with Crippen molar-refractivity contribution in [2.45, 2.75) is 12.6 Å². The topological polar surface area (TPSA) is 35.8 Å². The number of nitrogens with one attached hydrogen (secondary N) is 1. The molecule has 2 aromatic rings. The molecule has 1 aliphatic heterocycles. The van der Waals surface area contributed by atoms with Crippen LogP contribution in [0.25, 0.3) is 4.96 Å². The van der Waals surface area contributed by atoms with Gasteiger partial charge in [0, 0.05) is 56.5 Å². The number of nitrogens with zero attached hydrogens (tertiary/aromatic N) is 4. The van der Waals surface area contributed by atoms with Gasteiger partial charge in [0.2, 0.25) is 0 Å². The Balaban J connectivity index is 1.51. The van der Waals surface area contributed by atoms with E-state index < -0.39 is 0 Å². The van der Waals surface area contributed by atoms with E-state index in [2.05, 4.69) is 56.4 Å². The zero-order valence-corrected chi connectivity index (χ0v) is 12.4. The van der Waals surface area contributed by atoms with Crippen LogP contribution in [0.3, 0.4) is 0 Å².